The molecule has 0 spiro atoms. The summed E-state index contributed by atoms with van der Waals surface area (Å²) in [5.41, 5.74) is 0. The molecule has 1 N–H and O–H groups in total. The highest BCUT2D eigenvalue weighted by Crippen LogP contribution is 2.21. The van der Waals surface area contributed by atoms with Gasteiger partial charge in [0.25, 0.3) is 0 Å². The van der Waals surface area contributed by atoms with Gasteiger partial charge in [-0.25, -0.2) is 0 Å². The zero-order valence-electron chi connectivity index (χ0n) is 8.73. The summed E-state index contributed by atoms with van der Waals surface area (Å²) >= 11 is 5.71. The van der Waals surface area contributed by atoms with Gasteiger partial charge in [-0.1, -0.05) is 18.0 Å². The average Bonchev–Trinajstić information content (AvgIpc) is 2.61. The van der Waals surface area contributed by atoms with Gasteiger partial charge in [-0.15, -0.1) is 0 Å². The molecule has 2 rings (SSSR count). The first kappa shape index (κ1) is 11.3. The van der Waals surface area contributed by atoms with Gasteiger partial charge in [-0.2, -0.15) is 4.68 Å². The SMILES string of the molecule is O=[N+]([O-])c1nn(CC2CCCCN2)cc1Cl. The quantitative estimate of drug-likeness (QED) is 0.647. The van der Waals surface area contributed by atoms with E-state index in [0.29, 0.717) is 12.6 Å². The minimum absolute atomic E-state index is 0.0980. The minimum atomic E-state index is -0.562. The number of nitrogens with zero attached hydrogens (tertiary/aromatic N) is 3. The predicted octanol–water partition coefficient (Wildman–Crippen LogP) is 1.59. The van der Waals surface area contributed by atoms with Crippen molar-refractivity contribution in [3.8, 4) is 0 Å². The van der Waals surface area contributed by atoms with E-state index in [4.69, 9.17) is 11.6 Å². The van der Waals surface area contributed by atoms with Crippen molar-refractivity contribution in [3.63, 3.8) is 0 Å². The standard InChI is InChI=1S/C9H13ClN4O2/c10-8-6-13(12-9(8)14(15)16)5-7-3-1-2-4-11-7/h6-7,11H,1-5H2. The number of hydrogen-bond acceptors (Lipinski definition) is 4. The highest BCUT2D eigenvalue weighted by atomic mass is 35.5. The first-order chi connectivity index (χ1) is 7.66. The Morgan fingerprint density at radius 1 is 1.69 bits per heavy atom. The monoisotopic (exact) mass is 244 g/mol. The fourth-order valence-electron chi connectivity index (χ4n) is 1.91. The smallest absolute Gasteiger partial charge is 0.358 e. The molecule has 0 aliphatic carbocycles. The third-order valence-electron chi connectivity index (χ3n) is 2.69. The van der Waals surface area contributed by atoms with Gasteiger partial charge in [0, 0.05) is 6.04 Å². The number of piperidine rings is 1. The van der Waals surface area contributed by atoms with E-state index in [9.17, 15) is 10.1 Å². The zero-order valence-corrected chi connectivity index (χ0v) is 9.48. The number of halogens is 1. The highest BCUT2D eigenvalue weighted by Gasteiger charge is 2.21. The average molecular weight is 245 g/mol. The molecule has 0 bridgehead atoms. The van der Waals surface area contributed by atoms with E-state index < -0.39 is 4.92 Å². The maximum absolute atomic E-state index is 10.6. The maximum atomic E-state index is 10.6. The molecule has 0 saturated carbocycles. The lowest BCUT2D eigenvalue weighted by molar-refractivity contribution is -0.389. The molecule has 1 atom stereocenters. The lowest BCUT2D eigenvalue weighted by Gasteiger charge is -2.21. The van der Waals surface area contributed by atoms with Crippen LogP contribution in [0.4, 0.5) is 5.82 Å². The van der Waals surface area contributed by atoms with Crippen LogP contribution in [-0.4, -0.2) is 27.3 Å². The van der Waals surface area contributed by atoms with Crippen molar-refractivity contribution in [1.29, 1.82) is 0 Å². The van der Waals surface area contributed by atoms with Crippen LogP contribution in [0.15, 0.2) is 6.20 Å². The van der Waals surface area contributed by atoms with Crippen LogP contribution in [0.25, 0.3) is 0 Å². The van der Waals surface area contributed by atoms with Gasteiger partial charge >= 0.3 is 5.82 Å². The summed E-state index contributed by atoms with van der Waals surface area (Å²) in [6.07, 6.45) is 4.96. The van der Waals surface area contributed by atoms with Gasteiger partial charge < -0.3 is 15.4 Å². The molecule has 2 heterocycles. The first-order valence-corrected chi connectivity index (χ1v) is 5.65. The normalized spacial score (nSPS) is 20.9. The second-order valence-corrected chi connectivity index (χ2v) is 4.33. The summed E-state index contributed by atoms with van der Waals surface area (Å²) in [6, 6.07) is 0.337. The van der Waals surface area contributed by atoms with Crippen molar-refractivity contribution >= 4 is 17.4 Å². The van der Waals surface area contributed by atoms with E-state index in [0.717, 1.165) is 13.0 Å². The van der Waals surface area contributed by atoms with E-state index >= 15 is 0 Å². The molecule has 0 aromatic carbocycles. The van der Waals surface area contributed by atoms with Crippen LogP contribution in [0.3, 0.4) is 0 Å². The molecule has 16 heavy (non-hydrogen) atoms. The topological polar surface area (TPSA) is 73.0 Å². The molecule has 6 nitrogen and oxygen atoms in total. The lowest BCUT2D eigenvalue weighted by Crippen LogP contribution is -2.37. The van der Waals surface area contributed by atoms with Gasteiger partial charge in [0.1, 0.15) is 0 Å². The highest BCUT2D eigenvalue weighted by molar-refractivity contribution is 6.32. The third kappa shape index (κ3) is 2.51. The van der Waals surface area contributed by atoms with Crippen LogP contribution < -0.4 is 5.32 Å². The van der Waals surface area contributed by atoms with Gasteiger partial charge in [0.2, 0.25) is 0 Å². The Kier molecular flexibility index (Phi) is 3.40. The largest absolute Gasteiger partial charge is 0.408 e. The van der Waals surface area contributed by atoms with E-state index in [1.54, 1.807) is 4.68 Å². The van der Waals surface area contributed by atoms with Gasteiger partial charge in [-0.3, -0.25) is 0 Å². The molecule has 88 valence electrons. The molecular weight excluding hydrogens is 232 g/mol. The Hall–Kier alpha value is -1.14. The Morgan fingerprint density at radius 3 is 3.06 bits per heavy atom. The van der Waals surface area contributed by atoms with E-state index in [2.05, 4.69) is 10.4 Å². The van der Waals surface area contributed by atoms with Crippen LogP contribution in [0.5, 0.6) is 0 Å². The molecule has 1 aliphatic heterocycles. The van der Waals surface area contributed by atoms with Crippen molar-refractivity contribution in [2.75, 3.05) is 6.54 Å². The van der Waals surface area contributed by atoms with Crippen molar-refractivity contribution in [3.05, 3.63) is 21.3 Å². The molecule has 1 fully saturated rings. The summed E-state index contributed by atoms with van der Waals surface area (Å²) in [6.45, 7) is 1.63. The number of hydrogen-bond donors (Lipinski definition) is 1. The van der Waals surface area contributed by atoms with Crippen molar-refractivity contribution < 1.29 is 4.92 Å². The molecule has 1 aliphatic rings. The molecule has 7 heteroatoms. The van der Waals surface area contributed by atoms with E-state index in [-0.39, 0.29) is 10.8 Å². The summed E-state index contributed by atoms with van der Waals surface area (Å²) in [5, 5.41) is 17.9. The fraction of sp³-hybridized carbons (Fsp3) is 0.667. The van der Waals surface area contributed by atoms with Crippen LogP contribution in [0, 0.1) is 10.1 Å². The Bertz CT molecular complexity index is 387. The molecule has 0 radical (unpaired) electrons. The molecular formula is C9H13ClN4O2. The van der Waals surface area contributed by atoms with Gasteiger partial charge in [0.15, 0.2) is 5.02 Å². The third-order valence-corrected chi connectivity index (χ3v) is 2.96. The van der Waals surface area contributed by atoms with Crippen molar-refractivity contribution in [2.24, 2.45) is 0 Å². The molecule has 1 aromatic rings. The van der Waals surface area contributed by atoms with Crippen LogP contribution in [-0.2, 0) is 6.54 Å². The van der Waals surface area contributed by atoms with Crippen molar-refractivity contribution in [1.82, 2.24) is 15.1 Å². The second-order valence-electron chi connectivity index (χ2n) is 3.93. The predicted molar refractivity (Wildman–Crippen MR) is 59.5 cm³/mol. The molecule has 1 aromatic heterocycles. The molecule has 1 saturated heterocycles. The van der Waals surface area contributed by atoms with E-state index in [1.165, 1.54) is 19.0 Å². The van der Waals surface area contributed by atoms with E-state index in [1.807, 2.05) is 0 Å². The number of nitro groups is 1. The summed E-state index contributed by atoms with van der Waals surface area (Å²) in [7, 11) is 0. The van der Waals surface area contributed by atoms with Crippen LogP contribution in [0.1, 0.15) is 19.3 Å². The summed E-state index contributed by atoms with van der Waals surface area (Å²) < 4.78 is 1.55. The van der Waals surface area contributed by atoms with Crippen LogP contribution >= 0.6 is 11.6 Å². The number of rotatable bonds is 3. The van der Waals surface area contributed by atoms with Gasteiger partial charge in [-0.05, 0) is 24.3 Å². The van der Waals surface area contributed by atoms with Gasteiger partial charge in [0.05, 0.1) is 17.8 Å². The molecule has 1 unspecified atom stereocenters. The van der Waals surface area contributed by atoms with Crippen LogP contribution in [0.2, 0.25) is 5.02 Å². The Morgan fingerprint density at radius 2 is 2.50 bits per heavy atom. The Labute approximate surface area is 97.7 Å². The fourth-order valence-corrected chi connectivity index (χ4v) is 2.13. The maximum Gasteiger partial charge on any atom is 0.408 e. The Balaban J connectivity index is 2.03. The number of nitrogens with one attached hydrogen (secondary N) is 1. The lowest BCUT2D eigenvalue weighted by atomic mass is 10.1. The zero-order chi connectivity index (χ0) is 11.5. The van der Waals surface area contributed by atoms with Crippen molar-refractivity contribution in [2.45, 2.75) is 31.8 Å². The molecule has 0 amide bonds. The number of aromatic nitrogens is 2. The first-order valence-electron chi connectivity index (χ1n) is 5.27. The minimum Gasteiger partial charge on any atom is -0.358 e. The second kappa shape index (κ2) is 4.80. The summed E-state index contributed by atoms with van der Waals surface area (Å²) in [5.74, 6) is -0.266. The summed E-state index contributed by atoms with van der Waals surface area (Å²) in [4.78, 5) is 9.99.